The summed E-state index contributed by atoms with van der Waals surface area (Å²) in [6.45, 7) is 6.27. The Hall–Kier alpha value is -4.89. The quantitative estimate of drug-likeness (QED) is 0.183. The van der Waals surface area contributed by atoms with Crippen LogP contribution in [-0.2, 0) is 16.1 Å². The highest BCUT2D eigenvalue weighted by molar-refractivity contribution is 8.18. The summed E-state index contributed by atoms with van der Waals surface area (Å²) < 4.78 is 7.21. The lowest BCUT2D eigenvalue weighted by molar-refractivity contribution is -0.122. The van der Waals surface area contributed by atoms with Crippen LogP contribution in [0.15, 0.2) is 94.8 Å². The molecule has 212 valence electrons. The third-order valence-electron chi connectivity index (χ3n) is 6.78. The lowest BCUT2D eigenvalue weighted by Gasteiger charge is -2.16. The summed E-state index contributed by atoms with van der Waals surface area (Å²) in [5.41, 5.74) is 5.72. The Morgan fingerprint density at radius 3 is 2.38 bits per heavy atom. The fourth-order valence-electron chi connectivity index (χ4n) is 4.74. The molecule has 42 heavy (non-hydrogen) atoms. The maximum Gasteiger partial charge on any atom is 0.338 e. The van der Waals surface area contributed by atoms with Crippen molar-refractivity contribution in [3.8, 4) is 5.69 Å². The van der Waals surface area contributed by atoms with Crippen molar-refractivity contribution in [3.63, 3.8) is 0 Å². The summed E-state index contributed by atoms with van der Waals surface area (Å²) in [6, 6.07) is 25.2. The number of carbonyl (C=O) groups is 3. The van der Waals surface area contributed by atoms with Gasteiger partial charge in [-0.2, -0.15) is 0 Å². The molecule has 9 heteroatoms. The summed E-state index contributed by atoms with van der Waals surface area (Å²) in [4.78, 5) is 44.2. The Labute approximate surface area is 248 Å². The van der Waals surface area contributed by atoms with Gasteiger partial charge in [-0.15, -0.1) is 0 Å². The van der Waals surface area contributed by atoms with Gasteiger partial charge in [-0.1, -0.05) is 36.4 Å². The maximum atomic E-state index is 13.7. The maximum absolute atomic E-state index is 13.7. The fraction of sp³-hybridized carbons (Fsp3) is 0.152. The van der Waals surface area contributed by atoms with Crippen LogP contribution in [0.2, 0.25) is 0 Å². The molecular weight excluding hydrogens is 550 g/mol. The van der Waals surface area contributed by atoms with Gasteiger partial charge in [-0.05, 0) is 98.3 Å². The van der Waals surface area contributed by atoms with Crippen LogP contribution >= 0.6 is 11.8 Å². The molecule has 0 radical (unpaired) electrons. The highest BCUT2D eigenvalue weighted by Gasteiger charge is 2.34. The van der Waals surface area contributed by atoms with E-state index in [1.807, 2.05) is 73.0 Å². The average Bonchev–Trinajstić information content (AvgIpc) is 3.43. The number of carbonyl (C=O) groups excluding carboxylic acids is 2. The molecule has 0 aliphatic carbocycles. The van der Waals surface area contributed by atoms with E-state index in [9.17, 15) is 19.5 Å². The predicted molar refractivity (Wildman–Crippen MR) is 164 cm³/mol. The first kappa shape index (κ1) is 28.6. The summed E-state index contributed by atoms with van der Waals surface area (Å²) in [7, 11) is 0. The molecule has 1 aliphatic rings. The van der Waals surface area contributed by atoms with E-state index in [-0.39, 0.29) is 24.0 Å². The van der Waals surface area contributed by atoms with Crippen molar-refractivity contribution in [2.24, 2.45) is 4.99 Å². The minimum atomic E-state index is -1.00. The fourth-order valence-corrected chi connectivity index (χ4v) is 5.73. The summed E-state index contributed by atoms with van der Waals surface area (Å²) >= 11 is 1.30. The molecule has 1 saturated heterocycles. The van der Waals surface area contributed by atoms with E-state index >= 15 is 0 Å². The SMILES string of the molecule is CCOC(=O)c1cccc(-n2c(C)cc(/C=C3\SC(=Nc4ccccc4)N(Cc4ccc(C(=O)O)cc4)C3=O)c2C)c1. The van der Waals surface area contributed by atoms with Gasteiger partial charge in [0, 0.05) is 17.1 Å². The smallest absolute Gasteiger partial charge is 0.338 e. The van der Waals surface area contributed by atoms with E-state index in [0.717, 1.165) is 33.9 Å². The first-order valence-corrected chi connectivity index (χ1v) is 14.2. The topological polar surface area (TPSA) is 101 Å². The number of esters is 1. The number of amidine groups is 1. The van der Waals surface area contributed by atoms with Gasteiger partial charge < -0.3 is 14.4 Å². The number of carboxylic acid groups (broad SMARTS) is 1. The van der Waals surface area contributed by atoms with Crippen molar-refractivity contribution >= 4 is 46.5 Å². The molecule has 1 fully saturated rings. The number of thioether (sulfide) groups is 1. The van der Waals surface area contributed by atoms with Gasteiger partial charge in [0.1, 0.15) is 0 Å². The number of amides is 1. The summed E-state index contributed by atoms with van der Waals surface area (Å²) in [5, 5.41) is 9.78. The van der Waals surface area contributed by atoms with Crippen molar-refractivity contribution in [3.05, 3.63) is 123 Å². The van der Waals surface area contributed by atoms with Crippen LogP contribution in [-0.4, -0.2) is 44.2 Å². The number of aromatic nitrogens is 1. The molecule has 5 rings (SSSR count). The van der Waals surface area contributed by atoms with Crippen LogP contribution in [0.25, 0.3) is 11.8 Å². The molecule has 0 bridgehead atoms. The molecule has 1 N–H and O–H groups in total. The number of rotatable bonds is 8. The van der Waals surface area contributed by atoms with Gasteiger partial charge in [-0.25, -0.2) is 14.6 Å². The molecule has 8 nitrogen and oxygen atoms in total. The number of aromatic carboxylic acids is 1. The summed E-state index contributed by atoms with van der Waals surface area (Å²) in [5.74, 6) is -1.57. The highest BCUT2D eigenvalue weighted by atomic mass is 32.2. The van der Waals surface area contributed by atoms with Crippen molar-refractivity contribution < 1.29 is 24.2 Å². The minimum Gasteiger partial charge on any atom is -0.478 e. The number of aryl methyl sites for hydroxylation is 1. The molecule has 0 atom stereocenters. The van der Waals surface area contributed by atoms with Gasteiger partial charge in [-0.3, -0.25) is 9.69 Å². The Balaban J connectivity index is 1.49. The normalized spacial score (nSPS) is 15.0. The van der Waals surface area contributed by atoms with Crippen LogP contribution in [0.3, 0.4) is 0 Å². The van der Waals surface area contributed by atoms with Gasteiger partial charge in [0.15, 0.2) is 5.17 Å². The Kier molecular flexibility index (Phi) is 8.40. The zero-order chi connectivity index (χ0) is 29.8. The minimum absolute atomic E-state index is 0.183. The largest absolute Gasteiger partial charge is 0.478 e. The number of carboxylic acids is 1. The molecule has 0 unspecified atom stereocenters. The Bertz CT molecular complexity index is 1720. The third-order valence-corrected chi connectivity index (χ3v) is 7.79. The lowest BCUT2D eigenvalue weighted by Crippen LogP contribution is -2.28. The van der Waals surface area contributed by atoms with E-state index in [2.05, 4.69) is 0 Å². The first-order chi connectivity index (χ1) is 20.2. The molecule has 0 spiro atoms. The van der Waals surface area contributed by atoms with E-state index in [1.54, 1.807) is 36.1 Å². The third kappa shape index (κ3) is 6.06. The first-order valence-electron chi connectivity index (χ1n) is 13.4. The van der Waals surface area contributed by atoms with Crippen molar-refractivity contribution in [2.75, 3.05) is 6.61 Å². The van der Waals surface area contributed by atoms with Crippen LogP contribution in [0.4, 0.5) is 5.69 Å². The van der Waals surface area contributed by atoms with E-state index in [1.165, 1.54) is 23.9 Å². The van der Waals surface area contributed by atoms with Gasteiger partial charge in [0.25, 0.3) is 5.91 Å². The second-order valence-electron chi connectivity index (χ2n) is 9.67. The van der Waals surface area contributed by atoms with Crippen molar-refractivity contribution in [2.45, 2.75) is 27.3 Å². The molecule has 4 aromatic rings. The van der Waals surface area contributed by atoms with Crippen molar-refractivity contribution in [1.29, 1.82) is 0 Å². The standard InChI is InChI=1S/C33H29N3O5S/c1-4-41-32(40)25-9-8-12-28(18-25)36-21(2)17-26(22(36)3)19-29-30(37)35(20-23-13-15-24(16-14-23)31(38)39)33(42-29)34-27-10-6-5-7-11-27/h5-19H,4,20H2,1-3H3,(H,38,39)/b29-19-,34-33?. The van der Waals surface area contributed by atoms with Crippen molar-refractivity contribution in [1.82, 2.24) is 9.47 Å². The second-order valence-corrected chi connectivity index (χ2v) is 10.7. The number of ether oxygens (including phenoxy) is 1. The van der Waals surface area contributed by atoms with Gasteiger partial charge >= 0.3 is 11.9 Å². The number of aliphatic imine (C=N–C) groups is 1. The number of nitrogens with zero attached hydrogens (tertiary/aromatic N) is 3. The molecule has 1 aromatic heterocycles. The van der Waals surface area contributed by atoms with Crippen LogP contribution in [0, 0.1) is 13.8 Å². The number of para-hydroxylation sites is 1. The molecular formula is C33H29N3O5S. The molecule has 0 saturated carbocycles. The lowest BCUT2D eigenvalue weighted by atomic mass is 10.1. The van der Waals surface area contributed by atoms with Gasteiger partial charge in [0.2, 0.25) is 0 Å². The second kappa shape index (κ2) is 12.3. The number of hydrogen-bond donors (Lipinski definition) is 1. The Morgan fingerprint density at radius 1 is 0.952 bits per heavy atom. The molecule has 1 amide bonds. The van der Waals surface area contributed by atoms with Crippen LogP contribution in [0.1, 0.15) is 50.2 Å². The molecule has 1 aliphatic heterocycles. The number of hydrogen-bond acceptors (Lipinski definition) is 6. The Morgan fingerprint density at radius 2 is 1.69 bits per heavy atom. The molecule has 3 aromatic carbocycles. The van der Waals surface area contributed by atoms with Crippen LogP contribution < -0.4 is 0 Å². The predicted octanol–water partition coefficient (Wildman–Crippen LogP) is 6.77. The highest BCUT2D eigenvalue weighted by Crippen LogP contribution is 2.36. The van der Waals surface area contributed by atoms with E-state index in [0.29, 0.717) is 22.2 Å². The van der Waals surface area contributed by atoms with E-state index in [4.69, 9.17) is 9.73 Å². The van der Waals surface area contributed by atoms with Gasteiger partial charge in [0.05, 0.1) is 34.9 Å². The average molecular weight is 580 g/mol. The zero-order valence-corrected chi connectivity index (χ0v) is 24.2. The van der Waals surface area contributed by atoms with E-state index < -0.39 is 5.97 Å². The van der Waals surface area contributed by atoms with Crippen LogP contribution in [0.5, 0.6) is 0 Å². The zero-order valence-electron chi connectivity index (χ0n) is 23.4. The molecule has 2 heterocycles. The summed E-state index contributed by atoms with van der Waals surface area (Å²) in [6.07, 6.45) is 1.87. The monoisotopic (exact) mass is 579 g/mol. The number of benzene rings is 3.